The first-order valence-electron chi connectivity index (χ1n) is 9.28. The van der Waals surface area contributed by atoms with Crippen LogP contribution in [-0.4, -0.2) is 31.3 Å². The molecule has 12 heteroatoms. The fraction of sp³-hybridized carbons (Fsp3) is 0.368. The third-order valence-corrected chi connectivity index (χ3v) is 7.01. The van der Waals surface area contributed by atoms with Gasteiger partial charge in [0.05, 0.1) is 30.0 Å². The molecule has 1 atom stereocenters. The van der Waals surface area contributed by atoms with Gasteiger partial charge in [-0.15, -0.1) is 11.3 Å². The highest BCUT2D eigenvalue weighted by Crippen LogP contribution is 2.30. The van der Waals surface area contributed by atoms with Crippen molar-refractivity contribution in [2.75, 3.05) is 0 Å². The molecule has 168 valence electrons. The number of carbonyl (C=O) groups is 2. The van der Waals surface area contributed by atoms with Crippen LogP contribution in [0.15, 0.2) is 40.6 Å². The normalized spacial score (nSPS) is 12.4. The van der Waals surface area contributed by atoms with Gasteiger partial charge in [0, 0.05) is 23.4 Å². The number of nitro benzene ring substituents is 1. The van der Waals surface area contributed by atoms with Crippen LogP contribution in [0, 0.1) is 10.1 Å². The molecule has 0 aliphatic rings. The lowest BCUT2D eigenvalue weighted by atomic mass is 10.0. The largest absolute Gasteiger partial charge is 0.463 e. The Morgan fingerprint density at radius 1 is 1.19 bits per heavy atom. The Balaban J connectivity index is 2.35. The Hall–Kier alpha value is -2.83. The van der Waals surface area contributed by atoms with E-state index in [0.717, 1.165) is 11.3 Å². The van der Waals surface area contributed by atoms with Crippen LogP contribution in [0.1, 0.15) is 43.7 Å². The summed E-state index contributed by atoms with van der Waals surface area (Å²) in [5, 5.41) is 14.0. The number of carbonyl (C=O) groups excluding carboxylic acids is 2. The van der Waals surface area contributed by atoms with Gasteiger partial charge in [-0.1, -0.05) is 18.2 Å². The lowest BCUT2D eigenvalue weighted by Crippen LogP contribution is -2.31. The van der Waals surface area contributed by atoms with Crippen LogP contribution < -0.4 is 10.0 Å². The van der Waals surface area contributed by atoms with E-state index in [4.69, 9.17) is 4.74 Å². The fourth-order valence-electron chi connectivity index (χ4n) is 2.70. The molecule has 0 aliphatic carbocycles. The smallest absolute Gasteiger partial charge is 0.308 e. The molecule has 31 heavy (non-hydrogen) atoms. The number of benzene rings is 1. The maximum absolute atomic E-state index is 12.9. The van der Waals surface area contributed by atoms with E-state index in [1.54, 1.807) is 19.9 Å². The van der Waals surface area contributed by atoms with Gasteiger partial charge in [-0.05, 0) is 26.0 Å². The topological polar surface area (TPSA) is 145 Å². The number of hydrogen-bond donors (Lipinski definition) is 2. The first-order valence-corrected chi connectivity index (χ1v) is 11.6. The lowest BCUT2D eigenvalue weighted by molar-refractivity contribution is -0.385. The van der Waals surface area contributed by atoms with Gasteiger partial charge >= 0.3 is 5.97 Å². The maximum atomic E-state index is 12.9. The minimum Gasteiger partial charge on any atom is -0.463 e. The van der Waals surface area contributed by atoms with Crippen LogP contribution in [0.25, 0.3) is 0 Å². The van der Waals surface area contributed by atoms with Gasteiger partial charge in [0.1, 0.15) is 4.21 Å². The summed E-state index contributed by atoms with van der Waals surface area (Å²) >= 11 is 0.944. The zero-order chi connectivity index (χ0) is 23.2. The number of para-hydroxylation sites is 1. The summed E-state index contributed by atoms with van der Waals surface area (Å²) in [5.41, 5.74) is -0.267. The summed E-state index contributed by atoms with van der Waals surface area (Å²) in [6.45, 7) is 4.80. The number of hydrogen-bond acceptors (Lipinski definition) is 8. The maximum Gasteiger partial charge on any atom is 0.308 e. The minimum absolute atomic E-state index is 0.0475. The van der Waals surface area contributed by atoms with Crippen LogP contribution in [0.4, 0.5) is 5.69 Å². The standard InChI is InChI=1S/C19H23N3O7S2/c1-12(2)29-18(24)10-16(15-6-4-5-7-17(15)22(25)26)21-31(27,28)19-9-8-14(30-19)11-20-13(3)23/h4-9,12,16,21H,10-11H2,1-3H3,(H,20,23). The van der Waals surface area contributed by atoms with Crippen LogP contribution in [0.3, 0.4) is 0 Å². The summed E-state index contributed by atoms with van der Waals surface area (Å²) in [5.74, 6) is -0.950. The van der Waals surface area contributed by atoms with Crippen molar-refractivity contribution < 1.29 is 27.7 Å². The molecule has 0 aliphatic heterocycles. The molecule has 1 aromatic heterocycles. The number of sulfonamides is 1. The lowest BCUT2D eigenvalue weighted by Gasteiger charge is -2.19. The van der Waals surface area contributed by atoms with Crippen molar-refractivity contribution in [1.29, 1.82) is 0 Å². The molecule has 0 saturated carbocycles. The quantitative estimate of drug-likeness (QED) is 0.309. The number of nitrogens with zero attached hydrogens (tertiary/aromatic N) is 1. The zero-order valence-electron chi connectivity index (χ0n) is 17.2. The van der Waals surface area contributed by atoms with E-state index in [1.807, 2.05) is 0 Å². The van der Waals surface area contributed by atoms with E-state index in [-0.39, 0.29) is 27.9 Å². The minimum atomic E-state index is -4.12. The summed E-state index contributed by atoms with van der Waals surface area (Å²) in [6, 6.07) is 7.32. The molecule has 1 aromatic carbocycles. The average molecular weight is 470 g/mol. The van der Waals surface area contributed by atoms with E-state index in [0.29, 0.717) is 4.88 Å². The second-order valence-corrected chi connectivity index (χ2v) is 9.97. The zero-order valence-corrected chi connectivity index (χ0v) is 18.8. The van der Waals surface area contributed by atoms with E-state index in [1.165, 1.54) is 37.3 Å². The van der Waals surface area contributed by atoms with Crippen LogP contribution in [0.2, 0.25) is 0 Å². The summed E-state index contributed by atoms with van der Waals surface area (Å²) in [7, 11) is -4.12. The van der Waals surface area contributed by atoms with E-state index in [2.05, 4.69) is 10.0 Å². The highest BCUT2D eigenvalue weighted by molar-refractivity contribution is 7.91. The molecule has 1 heterocycles. The number of esters is 1. The van der Waals surface area contributed by atoms with Gasteiger partial charge in [-0.2, -0.15) is 0 Å². The number of ether oxygens (including phenoxy) is 1. The monoisotopic (exact) mass is 469 g/mol. The Labute approximate surface area is 183 Å². The van der Waals surface area contributed by atoms with Crippen molar-refractivity contribution in [3.8, 4) is 0 Å². The van der Waals surface area contributed by atoms with Gasteiger partial charge in [0.2, 0.25) is 5.91 Å². The van der Waals surface area contributed by atoms with Crippen molar-refractivity contribution in [3.05, 3.63) is 57.0 Å². The molecule has 0 radical (unpaired) electrons. The molecule has 10 nitrogen and oxygen atoms in total. The first kappa shape index (κ1) is 24.4. The third-order valence-electron chi connectivity index (χ3n) is 3.96. The van der Waals surface area contributed by atoms with Crippen molar-refractivity contribution >= 4 is 38.9 Å². The van der Waals surface area contributed by atoms with E-state index < -0.39 is 39.5 Å². The predicted molar refractivity (Wildman–Crippen MR) is 114 cm³/mol. The van der Waals surface area contributed by atoms with Crippen LogP contribution in [-0.2, 0) is 30.9 Å². The first-order chi connectivity index (χ1) is 14.5. The average Bonchev–Trinajstić information content (AvgIpc) is 3.15. The Kier molecular flexibility index (Phi) is 8.25. The van der Waals surface area contributed by atoms with Crippen molar-refractivity contribution in [3.63, 3.8) is 0 Å². The third kappa shape index (κ3) is 7.12. The number of thiophene rings is 1. The summed E-state index contributed by atoms with van der Waals surface area (Å²) < 4.78 is 33.3. The molecular formula is C19H23N3O7S2. The molecule has 0 fully saturated rings. The number of rotatable bonds is 10. The summed E-state index contributed by atoms with van der Waals surface area (Å²) in [4.78, 5) is 34.7. The van der Waals surface area contributed by atoms with Crippen LogP contribution >= 0.6 is 11.3 Å². The van der Waals surface area contributed by atoms with Gasteiger partial charge in [0.15, 0.2) is 0 Å². The second-order valence-electron chi connectivity index (χ2n) is 6.86. The van der Waals surface area contributed by atoms with Gasteiger partial charge in [-0.3, -0.25) is 19.7 Å². The molecule has 0 bridgehead atoms. The summed E-state index contributed by atoms with van der Waals surface area (Å²) in [6.07, 6.45) is -0.851. The van der Waals surface area contributed by atoms with Gasteiger partial charge in [0.25, 0.3) is 15.7 Å². The highest BCUT2D eigenvalue weighted by Gasteiger charge is 2.30. The van der Waals surface area contributed by atoms with Crippen molar-refractivity contribution in [2.45, 2.75) is 50.1 Å². The SMILES string of the molecule is CC(=O)NCc1ccc(S(=O)(=O)NC(CC(=O)OC(C)C)c2ccccc2[N+](=O)[O-])s1. The number of nitro groups is 1. The fourth-order valence-corrected chi connectivity index (χ4v) is 5.22. The predicted octanol–water partition coefficient (Wildman–Crippen LogP) is 2.65. The van der Waals surface area contributed by atoms with Gasteiger partial charge < -0.3 is 10.1 Å². The molecule has 2 rings (SSSR count). The number of nitrogens with one attached hydrogen (secondary N) is 2. The molecule has 1 unspecified atom stereocenters. The van der Waals surface area contributed by atoms with Gasteiger partial charge in [-0.25, -0.2) is 13.1 Å². The molecule has 1 amide bonds. The van der Waals surface area contributed by atoms with E-state index in [9.17, 15) is 28.1 Å². The van der Waals surface area contributed by atoms with Crippen LogP contribution in [0.5, 0.6) is 0 Å². The van der Waals surface area contributed by atoms with E-state index >= 15 is 0 Å². The van der Waals surface area contributed by atoms with Crippen molar-refractivity contribution in [2.24, 2.45) is 0 Å². The molecular weight excluding hydrogens is 446 g/mol. The second kappa shape index (κ2) is 10.5. The van der Waals surface area contributed by atoms with Crippen molar-refractivity contribution in [1.82, 2.24) is 10.0 Å². The number of amides is 1. The Morgan fingerprint density at radius 3 is 2.48 bits per heavy atom. The highest BCUT2D eigenvalue weighted by atomic mass is 32.2. The molecule has 0 spiro atoms. The Bertz CT molecular complexity index is 1060. The Morgan fingerprint density at radius 2 is 1.87 bits per heavy atom. The molecule has 2 N–H and O–H groups in total. The molecule has 2 aromatic rings. The molecule has 0 saturated heterocycles.